The molecular weight excluding hydrogens is 323 g/mol. The van der Waals surface area contributed by atoms with Crippen LogP contribution in [0.5, 0.6) is 0 Å². The molecule has 1 aromatic carbocycles. The Balaban J connectivity index is 1.78. The average molecular weight is 339 g/mol. The van der Waals surface area contributed by atoms with Gasteiger partial charge in [0.1, 0.15) is 0 Å². The van der Waals surface area contributed by atoms with E-state index in [1.165, 1.54) is 15.2 Å². The quantitative estimate of drug-likeness (QED) is 0.607. The van der Waals surface area contributed by atoms with E-state index >= 15 is 0 Å². The Bertz CT molecular complexity index is 664. The topological polar surface area (TPSA) is 64.1 Å². The van der Waals surface area contributed by atoms with Crippen LogP contribution in [0.4, 0.5) is 0 Å². The van der Waals surface area contributed by atoms with Crippen LogP contribution in [0.15, 0.2) is 46.1 Å². The fraction of sp³-hybridized carbons (Fsp3) is 0.286. The molecule has 0 bridgehead atoms. The van der Waals surface area contributed by atoms with Gasteiger partial charge < -0.3 is 0 Å². The number of ether oxygens (including phenoxy) is 1. The van der Waals surface area contributed by atoms with Crippen LogP contribution in [-0.4, -0.2) is 31.1 Å². The van der Waals surface area contributed by atoms with Gasteiger partial charge in [-0.25, -0.2) is 0 Å². The number of aromatic amines is 1. The molecule has 5 nitrogen and oxygen atoms in total. The molecule has 6 heteroatoms. The molecule has 0 spiro atoms. The first kappa shape index (κ1) is 14.8. The summed E-state index contributed by atoms with van der Waals surface area (Å²) in [4.78, 5) is 25.0. The average Bonchev–Trinajstić information content (AvgIpc) is 2.45. The molecule has 0 fully saturated rings. The monoisotopic (exact) mass is 340 g/mol. The molecule has 0 aliphatic rings. The van der Waals surface area contributed by atoms with Gasteiger partial charge in [0.2, 0.25) is 0 Å². The van der Waals surface area contributed by atoms with Crippen molar-refractivity contribution >= 4 is 19.4 Å². The van der Waals surface area contributed by atoms with E-state index in [0.717, 1.165) is 5.32 Å². The minimum absolute atomic E-state index is 0.168. The molecule has 0 unspecified atom stereocenters. The number of hydrogen-bond acceptors (Lipinski definition) is 3. The molecule has 0 amide bonds. The van der Waals surface area contributed by atoms with Crippen molar-refractivity contribution in [3.63, 3.8) is 0 Å². The Hall–Kier alpha value is -1.62. The number of aryl methyl sites for hydroxylation is 1. The van der Waals surface area contributed by atoms with Gasteiger partial charge in [-0.1, -0.05) is 0 Å². The number of rotatable bonds is 6. The molecule has 106 valence electrons. The summed E-state index contributed by atoms with van der Waals surface area (Å²) < 4.78 is 8.17. The molecule has 0 saturated heterocycles. The molecular formula is C14H16N2O3Se. The first-order chi connectivity index (χ1) is 9.66. The summed E-state index contributed by atoms with van der Waals surface area (Å²) >= 11 is 0.382. The molecule has 2 rings (SSSR count). The number of aromatic nitrogens is 2. The van der Waals surface area contributed by atoms with Crippen LogP contribution in [0.3, 0.4) is 0 Å². The maximum absolute atomic E-state index is 11.5. The molecule has 0 atom stereocenters. The molecule has 1 N–H and O–H groups in total. The van der Waals surface area contributed by atoms with Gasteiger partial charge in [0.05, 0.1) is 0 Å². The van der Waals surface area contributed by atoms with E-state index in [1.54, 1.807) is 6.92 Å². The number of nitrogens with zero attached hydrogens (tertiary/aromatic N) is 1. The van der Waals surface area contributed by atoms with Gasteiger partial charge in [0.15, 0.2) is 0 Å². The van der Waals surface area contributed by atoms with Crippen LogP contribution < -0.4 is 15.7 Å². The van der Waals surface area contributed by atoms with Gasteiger partial charge >= 0.3 is 122 Å². The summed E-state index contributed by atoms with van der Waals surface area (Å²) in [6.07, 6.45) is 1.52. The Morgan fingerprint density at radius 2 is 2.00 bits per heavy atom. The Labute approximate surface area is 122 Å². The normalized spacial score (nSPS) is 10.7. The summed E-state index contributed by atoms with van der Waals surface area (Å²) in [5.41, 5.74) is -0.283. The van der Waals surface area contributed by atoms with E-state index in [2.05, 4.69) is 17.1 Å². The summed E-state index contributed by atoms with van der Waals surface area (Å²) in [5, 5.41) is 0.952. The molecule has 1 aromatic heterocycles. The third kappa shape index (κ3) is 4.20. The zero-order valence-electron chi connectivity index (χ0n) is 11.2. The molecule has 2 aromatic rings. The first-order valence-corrected chi connectivity index (χ1v) is 8.29. The third-order valence-electron chi connectivity index (χ3n) is 2.66. The maximum atomic E-state index is 11.5. The van der Waals surface area contributed by atoms with E-state index < -0.39 is 5.69 Å². The minimum atomic E-state index is -0.436. The zero-order valence-corrected chi connectivity index (χ0v) is 12.9. The number of nitrogens with one attached hydrogen (secondary N) is 1. The number of benzene rings is 1. The van der Waals surface area contributed by atoms with Gasteiger partial charge in [-0.05, 0) is 0 Å². The van der Waals surface area contributed by atoms with Crippen LogP contribution in [0.25, 0.3) is 0 Å². The molecule has 20 heavy (non-hydrogen) atoms. The SMILES string of the molecule is Cc1cn(COCC[Se]c2ccccc2)c(=O)[nH]c1=O. The van der Waals surface area contributed by atoms with Gasteiger partial charge in [-0.2, -0.15) is 0 Å². The van der Waals surface area contributed by atoms with Crippen LogP contribution in [0, 0.1) is 6.92 Å². The zero-order chi connectivity index (χ0) is 14.4. The van der Waals surface area contributed by atoms with E-state index in [9.17, 15) is 9.59 Å². The second kappa shape index (κ2) is 7.24. The van der Waals surface area contributed by atoms with Crippen molar-refractivity contribution in [1.29, 1.82) is 0 Å². The van der Waals surface area contributed by atoms with Gasteiger partial charge in [-0.3, -0.25) is 0 Å². The molecule has 0 saturated carbocycles. The predicted molar refractivity (Wildman–Crippen MR) is 78.6 cm³/mol. The van der Waals surface area contributed by atoms with Crippen molar-refractivity contribution in [1.82, 2.24) is 9.55 Å². The second-order valence-electron chi connectivity index (χ2n) is 4.24. The summed E-state index contributed by atoms with van der Waals surface area (Å²) in [6, 6.07) is 10.3. The fourth-order valence-corrected chi connectivity index (χ4v) is 3.26. The van der Waals surface area contributed by atoms with Crippen LogP contribution in [0.1, 0.15) is 5.56 Å². The van der Waals surface area contributed by atoms with Crippen molar-refractivity contribution < 1.29 is 4.74 Å². The molecule has 0 radical (unpaired) electrons. The first-order valence-electron chi connectivity index (χ1n) is 6.23. The van der Waals surface area contributed by atoms with Gasteiger partial charge in [0.25, 0.3) is 0 Å². The van der Waals surface area contributed by atoms with E-state index in [1.807, 2.05) is 18.2 Å². The fourth-order valence-electron chi connectivity index (χ4n) is 1.61. The molecule has 0 aliphatic heterocycles. The third-order valence-corrected chi connectivity index (χ3v) is 4.71. The summed E-state index contributed by atoms with van der Waals surface area (Å²) in [5.74, 6) is 0. The van der Waals surface area contributed by atoms with Gasteiger partial charge in [-0.15, -0.1) is 0 Å². The van der Waals surface area contributed by atoms with Crippen molar-refractivity contribution in [3.05, 3.63) is 62.9 Å². The predicted octanol–water partition coefficient (Wildman–Crippen LogP) is 0.267. The van der Waals surface area contributed by atoms with E-state index in [4.69, 9.17) is 4.74 Å². The number of H-pyrrole nitrogens is 1. The van der Waals surface area contributed by atoms with Crippen molar-refractivity contribution in [2.75, 3.05) is 6.61 Å². The molecule has 0 aliphatic carbocycles. The Kier molecular flexibility index (Phi) is 5.35. The second-order valence-corrected chi connectivity index (χ2v) is 6.69. The Morgan fingerprint density at radius 1 is 1.25 bits per heavy atom. The van der Waals surface area contributed by atoms with Crippen LogP contribution in [-0.2, 0) is 11.5 Å². The van der Waals surface area contributed by atoms with Crippen molar-refractivity contribution in [3.8, 4) is 0 Å². The number of hydrogen-bond donors (Lipinski definition) is 1. The van der Waals surface area contributed by atoms with E-state index in [0.29, 0.717) is 27.1 Å². The van der Waals surface area contributed by atoms with Crippen LogP contribution in [0.2, 0.25) is 5.32 Å². The summed E-state index contributed by atoms with van der Waals surface area (Å²) in [6.45, 7) is 2.42. The standard InChI is InChI=1S/C14H16N2O3Se/c1-11-9-16(14(18)15-13(11)17)10-19-7-8-20-12-5-3-2-4-6-12/h2-6,9H,7-8,10H2,1H3,(H,15,17,18). The van der Waals surface area contributed by atoms with Crippen molar-refractivity contribution in [2.24, 2.45) is 0 Å². The molecule has 1 heterocycles. The summed E-state index contributed by atoms with van der Waals surface area (Å²) in [7, 11) is 0. The van der Waals surface area contributed by atoms with E-state index in [-0.39, 0.29) is 12.3 Å². The van der Waals surface area contributed by atoms with Gasteiger partial charge in [0, 0.05) is 0 Å². The van der Waals surface area contributed by atoms with Crippen LogP contribution >= 0.6 is 0 Å². The van der Waals surface area contributed by atoms with Crippen molar-refractivity contribution in [2.45, 2.75) is 19.0 Å². The Morgan fingerprint density at radius 3 is 2.75 bits per heavy atom.